The predicted octanol–water partition coefficient (Wildman–Crippen LogP) is 2.40. The Bertz CT molecular complexity index is 782. The van der Waals surface area contributed by atoms with Crippen LogP contribution in [-0.4, -0.2) is 34.2 Å². The van der Waals surface area contributed by atoms with Crippen molar-refractivity contribution in [3.63, 3.8) is 0 Å². The van der Waals surface area contributed by atoms with Gasteiger partial charge in [-0.1, -0.05) is 12.1 Å². The summed E-state index contributed by atoms with van der Waals surface area (Å²) in [6, 6.07) is 10.3. The minimum absolute atomic E-state index is 0.164. The van der Waals surface area contributed by atoms with E-state index in [2.05, 4.69) is 10.3 Å². The highest BCUT2D eigenvalue weighted by Crippen LogP contribution is 2.22. The van der Waals surface area contributed by atoms with Crippen molar-refractivity contribution in [2.24, 2.45) is 0 Å². The molecule has 6 heteroatoms. The Hall–Kier alpha value is -3.02. The molecule has 24 heavy (non-hydrogen) atoms. The molecule has 0 fully saturated rings. The summed E-state index contributed by atoms with van der Waals surface area (Å²) in [6.45, 7) is 2.04. The van der Waals surface area contributed by atoms with Gasteiger partial charge in [0, 0.05) is 19.2 Å². The van der Waals surface area contributed by atoms with E-state index < -0.39 is 0 Å². The monoisotopic (exact) mass is 323 g/mol. The molecule has 0 saturated heterocycles. The molecule has 0 atom stereocenters. The van der Waals surface area contributed by atoms with Gasteiger partial charge in [-0.25, -0.2) is 0 Å². The fourth-order valence-electron chi connectivity index (χ4n) is 2.67. The zero-order valence-electron chi connectivity index (χ0n) is 13.3. The van der Waals surface area contributed by atoms with E-state index in [9.17, 15) is 14.4 Å². The molecule has 1 aromatic carbocycles. The van der Waals surface area contributed by atoms with Gasteiger partial charge in [0.2, 0.25) is 5.91 Å². The molecular formula is C18H17N3O3. The highest BCUT2D eigenvalue weighted by molar-refractivity contribution is 6.21. The lowest BCUT2D eigenvalue weighted by Crippen LogP contribution is -2.31. The number of amides is 3. The number of rotatable bonds is 5. The van der Waals surface area contributed by atoms with E-state index in [0.29, 0.717) is 23.2 Å². The molecule has 2 aromatic rings. The lowest BCUT2D eigenvalue weighted by atomic mass is 10.1. The number of nitrogens with one attached hydrogen (secondary N) is 1. The SMILES string of the molecule is Cc1ncccc1NC(=O)CCCN1C(=O)c2ccccc2C1=O. The number of hydrogen-bond donors (Lipinski definition) is 1. The predicted molar refractivity (Wildman–Crippen MR) is 88.6 cm³/mol. The molecule has 0 spiro atoms. The van der Waals surface area contributed by atoms with Crippen molar-refractivity contribution in [1.82, 2.24) is 9.88 Å². The fraction of sp³-hybridized carbons (Fsp3) is 0.222. The van der Waals surface area contributed by atoms with Crippen molar-refractivity contribution < 1.29 is 14.4 Å². The molecule has 122 valence electrons. The van der Waals surface area contributed by atoms with Crippen LogP contribution in [0.1, 0.15) is 39.3 Å². The van der Waals surface area contributed by atoms with Crippen LogP contribution in [0.3, 0.4) is 0 Å². The highest BCUT2D eigenvalue weighted by atomic mass is 16.2. The number of aromatic nitrogens is 1. The van der Waals surface area contributed by atoms with Crippen LogP contribution in [0.15, 0.2) is 42.6 Å². The number of fused-ring (bicyclic) bond motifs is 1. The molecule has 1 aromatic heterocycles. The van der Waals surface area contributed by atoms with Crippen molar-refractivity contribution >= 4 is 23.4 Å². The summed E-state index contributed by atoms with van der Waals surface area (Å²) in [4.78, 5) is 41.7. The van der Waals surface area contributed by atoms with Crippen molar-refractivity contribution in [3.05, 3.63) is 59.4 Å². The van der Waals surface area contributed by atoms with Crippen LogP contribution >= 0.6 is 0 Å². The summed E-state index contributed by atoms with van der Waals surface area (Å²) >= 11 is 0. The van der Waals surface area contributed by atoms with Crippen LogP contribution in [-0.2, 0) is 4.79 Å². The van der Waals surface area contributed by atoms with Gasteiger partial charge in [-0.15, -0.1) is 0 Å². The third-order valence-corrected chi connectivity index (χ3v) is 3.94. The molecule has 0 aliphatic carbocycles. The second kappa shape index (κ2) is 6.62. The number of carbonyl (C=O) groups excluding carboxylic acids is 3. The van der Waals surface area contributed by atoms with Gasteiger partial charge in [0.05, 0.1) is 22.5 Å². The van der Waals surface area contributed by atoms with E-state index in [1.54, 1.807) is 42.6 Å². The first-order valence-corrected chi connectivity index (χ1v) is 7.74. The van der Waals surface area contributed by atoms with Gasteiger partial charge in [0.15, 0.2) is 0 Å². The zero-order chi connectivity index (χ0) is 17.1. The zero-order valence-corrected chi connectivity index (χ0v) is 13.3. The third kappa shape index (κ3) is 3.03. The van der Waals surface area contributed by atoms with E-state index in [1.807, 2.05) is 6.92 Å². The van der Waals surface area contributed by atoms with Crippen molar-refractivity contribution in [3.8, 4) is 0 Å². The number of hydrogen-bond acceptors (Lipinski definition) is 4. The molecule has 0 saturated carbocycles. The van der Waals surface area contributed by atoms with Gasteiger partial charge >= 0.3 is 0 Å². The number of nitrogens with zero attached hydrogens (tertiary/aromatic N) is 2. The smallest absolute Gasteiger partial charge is 0.261 e. The number of pyridine rings is 1. The maximum absolute atomic E-state index is 12.2. The molecule has 3 amide bonds. The van der Waals surface area contributed by atoms with E-state index in [-0.39, 0.29) is 30.7 Å². The molecule has 1 aliphatic rings. The van der Waals surface area contributed by atoms with Crippen molar-refractivity contribution in [1.29, 1.82) is 0 Å². The molecular weight excluding hydrogens is 306 g/mol. The lowest BCUT2D eigenvalue weighted by Gasteiger charge is -2.13. The van der Waals surface area contributed by atoms with Crippen molar-refractivity contribution in [2.45, 2.75) is 19.8 Å². The first-order chi connectivity index (χ1) is 11.6. The summed E-state index contributed by atoms with van der Waals surface area (Å²) in [6.07, 6.45) is 2.30. The molecule has 0 unspecified atom stereocenters. The van der Waals surface area contributed by atoms with Gasteiger partial charge in [-0.3, -0.25) is 24.3 Å². The number of carbonyl (C=O) groups is 3. The van der Waals surface area contributed by atoms with Gasteiger partial charge < -0.3 is 5.32 Å². The number of benzene rings is 1. The summed E-state index contributed by atoms with van der Waals surface area (Å²) in [5.74, 6) is -0.749. The van der Waals surface area contributed by atoms with Gasteiger partial charge in [-0.05, 0) is 37.6 Å². The minimum atomic E-state index is -0.292. The average molecular weight is 323 g/mol. The normalized spacial score (nSPS) is 13.1. The second-order valence-electron chi connectivity index (χ2n) is 5.60. The van der Waals surface area contributed by atoms with E-state index in [1.165, 1.54) is 4.90 Å². The maximum atomic E-state index is 12.2. The van der Waals surface area contributed by atoms with Gasteiger partial charge in [0.25, 0.3) is 11.8 Å². The standard InChI is InChI=1S/C18H17N3O3/c1-12-15(8-4-10-19-12)20-16(22)9-5-11-21-17(23)13-6-2-3-7-14(13)18(21)24/h2-4,6-8,10H,5,9,11H2,1H3,(H,20,22). The van der Waals surface area contributed by atoms with E-state index >= 15 is 0 Å². The van der Waals surface area contributed by atoms with Gasteiger partial charge in [-0.2, -0.15) is 0 Å². The Morgan fingerprint density at radius 3 is 2.38 bits per heavy atom. The van der Waals surface area contributed by atoms with Crippen LogP contribution in [0.5, 0.6) is 0 Å². The minimum Gasteiger partial charge on any atom is -0.325 e. The van der Waals surface area contributed by atoms with Crippen molar-refractivity contribution in [2.75, 3.05) is 11.9 Å². The second-order valence-corrected chi connectivity index (χ2v) is 5.60. The number of anilines is 1. The quantitative estimate of drug-likeness (QED) is 0.857. The van der Waals surface area contributed by atoms with Crippen LogP contribution in [0.4, 0.5) is 5.69 Å². The first kappa shape index (κ1) is 15.9. The Morgan fingerprint density at radius 1 is 1.08 bits per heavy atom. The van der Waals surface area contributed by atoms with Crippen LogP contribution in [0.25, 0.3) is 0 Å². The van der Waals surface area contributed by atoms with E-state index in [4.69, 9.17) is 0 Å². The highest BCUT2D eigenvalue weighted by Gasteiger charge is 2.34. The summed E-state index contributed by atoms with van der Waals surface area (Å²) in [5.41, 5.74) is 2.27. The average Bonchev–Trinajstić information content (AvgIpc) is 2.82. The first-order valence-electron chi connectivity index (χ1n) is 7.74. The Morgan fingerprint density at radius 2 is 1.75 bits per heavy atom. The molecule has 1 N–H and O–H groups in total. The topological polar surface area (TPSA) is 79.4 Å². The van der Waals surface area contributed by atoms with Crippen LogP contribution in [0.2, 0.25) is 0 Å². The molecule has 1 aliphatic heterocycles. The molecule has 3 rings (SSSR count). The fourth-order valence-corrected chi connectivity index (χ4v) is 2.67. The Kier molecular flexibility index (Phi) is 4.37. The summed E-state index contributed by atoms with van der Waals surface area (Å²) in [5, 5.41) is 2.79. The third-order valence-electron chi connectivity index (χ3n) is 3.94. The molecule has 0 bridgehead atoms. The molecule has 0 radical (unpaired) electrons. The maximum Gasteiger partial charge on any atom is 0.261 e. The molecule has 2 heterocycles. The van der Waals surface area contributed by atoms with Crippen LogP contribution in [0, 0.1) is 6.92 Å². The largest absolute Gasteiger partial charge is 0.325 e. The van der Waals surface area contributed by atoms with Crippen LogP contribution < -0.4 is 5.32 Å². The molecule has 6 nitrogen and oxygen atoms in total. The summed E-state index contributed by atoms with van der Waals surface area (Å²) < 4.78 is 0. The summed E-state index contributed by atoms with van der Waals surface area (Å²) in [7, 11) is 0. The Labute approximate surface area is 139 Å². The lowest BCUT2D eigenvalue weighted by molar-refractivity contribution is -0.116. The van der Waals surface area contributed by atoms with Gasteiger partial charge in [0.1, 0.15) is 0 Å². The Balaban J connectivity index is 1.54. The van der Waals surface area contributed by atoms with E-state index in [0.717, 1.165) is 5.69 Å². The number of aryl methyl sites for hydroxylation is 1. The number of imide groups is 1.